The van der Waals surface area contributed by atoms with Gasteiger partial charge in [-0.25, -0.2) is 15.0 Å². The Morgan fingerprint density at radius 2 is 1.89 bits per heavy atom. The molecule has 2 fully saturated rings. The van der Waals surface area contributed by atoms with Crippen molar-refractivity contribution in [2.75, 3.05) is 0 Å². The second-order valence-electron chi connectivity index (χ2n) is 11.2. The molecule has 4 atom stereocenters. The minimum Gasteiger partial charge on any atom is -0.320 e. The summed E-state index contributed by atoms with van der Waals surface area (Å²) >= 11 is 0. The zero-order chi connectivity index (χ0) is 25.3. The molecule has 1 aliphatic heterocycles. The van der Waals surface area contributed by atoms with Gasteiger partial charge >= 0.3 is 0 Å². The first-order valence-corrected chi connectivity index (χ1v) is 13.3. The molecule has 186 valence electrons. The van der Waals surface area contributed by atoms with Gasteiger partial charge in [0.25, 0.3) is 0 Å². The second-order valence-corrected chi connectivity index (χ2v) is 11.2. The third kappa shape index (κ3) is 3.42. The number of aldehydes is 1. The summed E-state index contributed by atoms with van der Waals surface area (Å²) in [5.74, 6) is 3.05. The van der Waals surface area contributed by atoms with Crippen molar-refractivity contribution in [1.82, 2.24) is 19.5 Å². The van der Waals surface area contributed by atoms with E-state index in [1.54, 1.807) is 0 Å². The van der Waals surface area contributed by atoms with Gasteiger partial charge in [-0.3, -0.25) is 4.79 Å². The Bertz CT molecular complexity index is 1550. The van der Waals surface area contributed by atoms with E-state index < -0.39 is 0 Å². The maximum absolute atomic E-state index is 12.2. The third-order valence-electron chi connectivity index (χ3n) is 8.94. The van der Waals surface area contributed by atoms with Crippen molar-refractivity contribution in [3.63, 3.8) is 0 Å². The first-order valence-electron chi connectivity index (χ1n) is 13.3. The zero-order valence-electron chi connectivity index (χ0n) is 21.1. The van der Waals surface area contributed by atoms with Crippen molar-refractivity contribution in [2.45, 2.75) is 62.4 Å². The number of benzene rings is 2. The number of carbonyl (C=O) groups is 1. The fourth-order valence-electron chi connectivity index (χ4n) is 6.46. The number of aromatic nitrogens is 4. The Labute approximate surface area is 216 Å². The molecule has 6 heteroatoms. The molecule has 2 N–H and O–H groups in total. The van der Waals surface area contributed by atoms with E-state index in [-0.39, 0.29) is 17.5 Å². The number of rotatable bonds is 6. The Balaban J connectivity index is 1.35. The first kappa shape index (κ1) is 22.5. The van der Waals surface area contributed by atoms with E-state index in [4.69, 9.17) is 10.7 Å². The minimum absolute atomic E-state index is 0.0387. The fraction of sp³-hybridized carbons (Fsp3) is 0.355. The van der Waals surface area contributed by atoms with Crippen LogP contribution in [0.25, 0.3) is 22.2 Å². The molecule has 2 aliphatic carbocycles. The van der Waals surface area contributed by atoms with Crippen LogP contribution >= 0.6 is 0 Å². The van der Waals surface area contributed by atoms with Crippen LogP contribution in [0.5, 0.6) is 0 Å². The molecular formula is C31H31N5O. The van der Waals surface area contributed by atoms with E-state index in [0.717, 1.165) is 76.9 Å². The van der Waals surface area contributed by atoms with Crippen molar-refractivity contribution in [3.8, 4) is 11.1 Å². The summed E-state index contributed by atoms with van der Waals surface area (Å²) < 4.78 is 2.35. The van der Waals surface area contributed by atoms with Crippen molar-refractivity contribution in [3.05, 3.63) is 89.8 Å². The van der Waals surface area contributed by atoms with Gasteiger partial charge in [-0.2, -0.15) is 0 Å². The third-order valence-corrected chi connectivity index (χ3v) is 8.94. The minimum atomic E-state index is -0.371. The number of hydrogen-bond donors (Lipinski definition) is 1. The maximum atomic E-state index is 12.2. The molecule has 0 radical (unpaired) electrons. The van der Waals surface area contributed by atoms with Crippen LogP contribution in [0.1, 0.15) is 90.0 Å². The summed E-state index contributed by atoms with van der Waals surface area (Å²) in [4.78, 5) is 26.5. The molecule has 3 heterocycles. The number of hydrogen-bond acceptors (Lipinski definition) is 5. The Kier molecular flexibility index (Phi) is 4.99. The molecule has 3 aliphatic rings. The topological polar surface area (TPSA) is 86.7 Å². The summed E-state index contributed by atoms with van der Waals surface area (Å²) in [6.45, 7) is 6.41. The number of carbonyl (C=O) groups excluding carboxylic acids is 1. The monoisotopic (exact) mass is 489 g/mol. The lowest BCUT2D eigenvalue weighted by Crippen LogP contribution is -2.44. The van der Waals surface area contributed by atoms with Crippen LogP contribution in [0.4, 0.5) is 0 Å². The smallest absolute Gasteiger partial charge is 0.150 e. The van der Waals surface area contributed by atoms with Crippen LogP contribution in [-0.2, 0) is 5.54 Å². The van der Waals surface area contributed by atoms with Gasteiger partial charge in [0.05, 0.1) is 22.6 Å². The largest absolute Gasteiger partial charge is 0.320 e. The van der Waals surface area contributed by atoms with Crippen molar-refractivity contribution in [2.24, 2.45) is 11.7 Å². The zero-order valence-corrected chi connectivity index (χ0v) is 21.1. The molecule has 37 heavy (non-hydrogen) atoms. The van der Waals surface area contributed by atoms with Crippen LogP contribution in [-0.4, -0.2) is 25.8 Å². The normalized spacial score (nSPS) is 25.5. The van der Waals surface area contributed by atoms with E-state index in [0.29, 0.717) is 11.8 Å². The number of allylic oxidation sites excluding steroid dienone is 1. The molecule has 0 spiro atoms. The Morgan fingerprint density at radius 1 is 1.11 bits per heavy atom. The van der Waals surface area contributed by atoms with Crippen molar-refractivity contribution < 1.29 is 4.79 Å². The van der Waals surface area contributed by atoms with E-state index in [1.807, 2.05) is 30.6 Å². The lowest BCUT2D eigenvalue weighted by atomic mass is 9.77. The van der Waals surface area contributed by atoms with Gasteiger partial charge in [-0.05, 0) is 72.8 Å². The molecule has 2 aromatic heterocycles. The quantitative estimate of drug-likeness (QED) is 0.264. The second kappa shape index (κ2) is 8.18. The maximum Gasteiger partial charge on any atom is 0.150 e. The van der Waals surface area contributed by atoms with Gasteiger partial charge in [0, 0.05) is 29.4 Å². The lowest BCUT2D eigenvalue weighted by molar-refractivity contribution is 0.112. The van der Waals surface area contributed by atoms with Gasteiger partial charge in [-0.1, -0.05) is 37.3 Å². The predicted molar refractivity (Wildman–Crippen MR) is 145 cm³/mol. The van der Waals surface area contributed by atoms with Crippen LogP contribution in [0, 0.1) is 5.92 Å². The molecule has 7 rings (SSSR count). The van der Waals surface area contributed by atoms with E-state index in [1.165, 1.54) is 12.0 Å². The standard InChI is InChI=1S/C31H31N5O/c1-3-19-13-27(28-21(17-37)6-4-7-23(28)24-12-18(24)2)36-26-14-20(8-9-25(26)35-29(19)36)22-15-33-30(34-16-22)31(32)10-5-11-31/h3-4,6-9,14-19,24,27H,1,5,10-13,32H2,2H3/t18-,19+,24-,27+/m0/s1. The first-order chi connectivity index (χ1) is 18.0. The molecule has 0 amide bonds. The van der Waals surface area contributed by atoms with E-state index in [2.05, 4.69) is 52.3 Å². The summed E-state index contributed by atoms with van der Waals surface area (Å²) in [6, 6.07) is 12.6. The highest BCUT2D eigenvalue weighted by atomic mass is 16.1. The van der Waals surface area contributed by atoms with Crippen LogP contribution < -0.4 is 5.73 Å². The predicted octanol–water partition coefficient (Wildman–Crippen LogP) is 6.03. The summed E-state index contributed by atoms with van der Waals surface area (Å²) in [5, 5.41) is 0. The van der Waals surface area contributed by atoms with Crippen LogP contribution in [0.3, 0.4) is 0 Å². The summed E-state index contributed by atoms with van der Waals surface area (Å²) in [7, 11) is 0. The highest BCUT2D eigenvalue weighted by Gasteiger charge is 2.41. The SMILES string of the molecule is C=C[C@@H]1C[C@H](c2c(C=O)cccc2[C@H]2C[C@@H]2C)n2c1nc1ccc(-c3cnc(C4(N)CCC4)nc3)cc12. The van der Waals surface area contributed by atoms with Crippen molar-refractivity contribution in [1.29, 1.82) is 0 Å². The van der Waals surface area contributed by atoms with Gasteiger partial charge in [0.15, 0.2) is 0 Å². The van der Waals surface area contributed by atoms with Gasteiger partial charge in [-0.15, -0.1) is 6.58 Å². The van der Waals surface area contributed by atoms with Gasteiger partial charge < -0.3 is 10.3 Å². The van der Waals surface area contributed by atoms with E-state index in [9.17, 15) is 4.79 Å². The fourth-order valence-corrected chi connectivity index (χ4v) is 6.46. The molecule has 4 aromatic rings. The van der Waals surface area contributed by atoms with E-state index >= 15 is 0 Å². The summed E-state index contributed by atoms with van der Waals surface area (Å²) in [6.07, 6.45) is 11.8. The molecule has 0 unspecified atom stereocenters. The van der Waals surface area contributed by atoms with Gasteiger partial charge in [0.1, 0.15) is 17.9 Å². The molecule has 0 saturated heterocycles. The lowest BCUT2D eigenvalue weighted by Gasteiger charge is -2.36. The molecule has 0 bridgehead atoms. The van der Waals surface area contributed by atoms with Crippen LogP contribution in [0.15, 0.2) is 61.4 Å². The number of imidazole rings is 1. The molecule has 6 nitrogen and oxygen atoms in total. The molecule has 2 aromatic carbocycles. The Hall–Kier alpha value is -3.64. The number of nitrogens with zero attached hydrogens (tertiary/aromatic N) is 4. The average Bonchev–Trinajstić information content (AvgIpc) is 3.36. The Morgan fingerprint density at radius 3 is 2.54 bits per heavy atom. The van der Waals surface area contributed by atoms with Crippen molar-refractivity contribution >= 4 is 17.3 Å². The highest BCUT2D eigenvalue weighted by molar-refractivity contribution is 5.84. The summed E-state index contributed by atoms with van der Waals surface area (Å²) in [5.41, 5.74) is 13.3. The highest BCUT2D eigenvalue weighted by Crippen LogP contribution is 2.52. The van der Waals surface area contributed by atoms with Gasteiger partial charge in [0.2, 0.25) is 0 Å². The molecule has 2 saturated carbocycles. The average molecular weight is 490 g/mol. The number of nitrogens with two attached hydrogens (primary N) is 1. The van der Waals surface area contributed by atoms with Crippen LogP contribution in [0.2, 0.25) is 0 Å². The molecular weight excluding hydrogens is 458 g/mol. The number of fused-ring (bicyclic) bond motifs is 3.